The predicted octanol–water partition coefficient (Wildman–Crippen LogP) is -0.579. The van der Waals surface area contributed by atoms with Gasteiger partial charge in [0.1, 0.15) is 0 Å². The van der Waals surface area contributed by atoms with Crippen LogP contribution in [0.5, 0.6) is 0 Å². The van der Waals surface area contributed by atoms with Gasteiger partial charge in [-0.25, -0.2) is 0 Å². The van der Waals surface area contributed by atoms with Crippen LogP contribution in [0.1, 0.15) is 12.8 Å². The van der Waals surface area contributed by atoms with Gasteiger partial charge >= 0.3 is 0 Å². The molecule has 1 aliphatic heterocycles. The number of carbonyl (C=O) groups excluding carboxylic acids is 2. The van der Waals surface area contributed by atoms with Crippen LogP contribution in [0.15, 0.2) is 0 Å². The summed E-state index contributed by atoms with van der Waals surface area (Å²) in [4.78, 5) is 20.2. The summed E-state index contributed by atoms with van der Waals surface area (Å²) in [5.41, 5.74) is 0. The third-order valence-corrected chi connectivity index (χ3v) is 0.858. The van der Waals surface area contributed by atoms with Gasteiger partial charge in [-0.05, 0) is 0 Å². The van der Waals surface area contributed by atoms with Crippen molar-refractivity contribution < 1.29 is 37.3 Å². The molecule has 0 aromatic heterocycles. The van der Waals surface area contributed by atoms with E-state index >= 15 is 0 Å². The molecular weight excluding hydrogens is 295 g/mol. The third kappa shape index (κ3) is 1.90. The Labute approximate surface area is 67.3 Å². The zero-order chi connectivity index (χ0) is 5.28. The number of imide groups is 1. The molecule has 1 aliphatic rings. The van der Waals surface area contributed by atoms with E-state index in [0.29, 0.717) is 12.8 Å². The Hall–Kier alpha value is 0.0751. The van der Waals surface area contributed by atoms with Crippen molar-refractivity contribution in [3.05, 3.63) is 0 Å². The second-order valence-corrected chi connectivity index (χ2v) is 1.47. The first-order valence-corrected chi connectivity index (χ1v) is 2.12. The standard InChI is InChI=1S/C4H5NO2.Hg/c6-3-1-2-4(7)5-3;/h1-2H2,(H,5,6,7);. The van der Waals surface area contributed by atoms with Crippen LogP contribution >= 0.6 is 0 Å². The topological polar surface area (TPSA) is 46.2 Å². The maximum Gasteiger partial charge on any atom is 0.227 e. The number of amides is 2. The second kappa shape index (κ2) is 3.17. The molecular formula is C4H5HgNO2. The summed E-state index contributed by atoms with van der Waals surface area (Å²) in [5.74, 6) is -0.296. The fraction of sp³-hybridized carbons (Fsp3) is 0.500. The van der Waals surface area contributed by atoms with Gasteiger partial charge < -0.3 is 0 Å². The molecule has 4 heteroatoms. The fourth-order valence-electron chi connectivity index (χ4n) is 0.508. The van der Waals surface area contributed by atoms with E-state index in [9.17, 15) is 9.59 Å². The van der Waals surface area contributed by atoms with Crippen molar-refractivity contribution in [2.45, 2.75) is 12.8 Å². The molecule has 0 spiro atoms. The van der Waals surface area contributed by atoms with Gasteiger partial charge in [0, 0.05) is 40.5 Å². The van der Waals surface area contributed by atoms with Crippen molar-refractivity contribution >= 4 is 11.8 Å². The number of hydrogen-bond acceptors (Lipinski definition) is 2. The average molecular weight is 300 g/mol. The zero-order valence-electron chi connectivity index (χ0n) is 4.44. The molecule has 0 unspecified atom stereocenters. The minimum atomic E-state index is -0.148. The monoisotopic (exact) mass is 301 g/mol. The Bertz CT molecular complexity index is 109. The van der Waals surface area contributed by atoms with Crippen molar-refractivity contribution in [3.8, 4) is 0 Å². The Morgan fingerprint density at radius 1 is 1.12 bits per heavy atom. The molecule has 0 aromatic rings. The van der Waals surface area contributed by atoms with E-state index < -0.39 is 0 Å². The molecule has 2 amide bonds. The molecule has 1 rings (SSSR count). The fourth-order valence-corrected chi connectivity index (χ4v) is 0.508. The molecule has 40 valence electrons. The first-order valence-electron chi connectivity index (χ1n) is 2.12. The second-order valence-electron chi connectivity index (χ2n) is 1.47. The van der Waals surface area contributed by atoms with Gasteiger partial charge in [-0.3, -0.25) is 14.9 Å². The van der Waals surface area contributed by atoms with E-state index in [-0.39, 0.29) is 39.5 Å². The molecule has 1 fully saturated rings. The van der Waals surface area contributed by atoms with Crippen molar-refractivity contribution in [2.24, 2.45) is 0 Å². The molecule has 1 saturated heterocycles. The largest absolute Gasteiger partial charge is 0.296 e. The molecule has 3 nitrogen and oxygen atoms in total. The Morgan fingerprint density at radius 3 is 1.62 bits per heavy atom. The maximum atomic E-state index is 10.1. The van der Waals surface area contributed by atoms with Crippen LogP contribution < -0.4 is 5.32 Å². The zero-order valence-corrected chi connectivity index (χ0v) is 9.94. The quantitative estimate of drug-likeness (QED) is 0.481. The summed E-state index contributed by atoms with van der Waals surface area (Å²) in [6.07, 6.45) is 0.748. The van der Waals surface area contributed by atoms with E-state index in [2.05, 4.69) is 5.32 Å². The third-order valence-electron chi connectivity index (χ3n) is 0.858. The van der Waals surface area contributed by atoms with Gasteiger partial charge in [0.2, 0.25) is 11.8 Å². The average Bonchev–Trinajstić information content (AvgIpc) is 1.87. The van der Waals surface area contributed by atoms with Crippen LogP contribution in [-0.2, 0) is 37.3 Å². The van der Waals surface area contributed by atoms with E-state index in [1.807, 2.05) is 0 Å². The van der Waals surface area contributed by atoms with Crippen LogP contribution in [-0.4, -0.2) is 11.8 Å². The van der Waals surface area contributed by atoms with Crippen LogP contribution in [0.25, 0.3) is 0 Å². The summed E-state index contributed by atoms with van der Waals surface area (Å²) in [5, 5.41) is 2.14. The summed E-state index contributed by atoms with van der Waals surface area (Å²) in [7, 11) is 0. The summed E-state index contributed by atoms with van der Waals surface area (Å²) in [6.45, 7) is 0. The van der Waals surface area contributed by atoms with Crippen molar-refractivity contribution in [1.82, 2.24) is 5.32 Å². The number of hydrogen-bond donors (Lipinski definition) is 1. The van der Waals surface area contributed by atoms with Crippen LogP contribution in [0.2, 0.25) is 0 Å². The first-order chi connectivity index (χ1) is 3.29. The number of rotatable bonds is 0. The minimum absolute atomic E-state index is 0. The van der Waals surface area contributed by atoms with Gasteiger partial charge in [0.05, 0.1) is 0 Å². The van der Waals surface area contributed by atoms with Gasteiger partial charge in [0.25, 0.3) is 0 Å². The number of nitrogens with one attached hydrogen (secondary N) is 1. The van der Waals surface area contributed by atoms with E-state index in [1.54, 1.807) is 0 Å². The van der Waals surface area contributed by atoms with Gasteiger partial charge in [-0.15, -0.1) is 0 Å². The molecule has 8 heavy (non-hydrogen) atoms. The summed E-state index contributed by atoms with van der Waals surface area (Å²) >= 11 is 0. The molecule has 1 N–H and O–H groups in total. The van der Waals surface area contributed by atoms with Crippen LogP contribution in [0.4, 0.5) is 0 Å². The molecule has 0 bridgehead atoms. The summed E-state index contributed by atoms with van der Waals surface area (Å²) in [6, 6.07) is 0. The van der Waals surface area contributed by atoms with Crippen LogP contribution in [0.3, 0.4) is 0 Å². The van der Waals surface area contributed by atoms with Crippen molar-refractivity contribution in [1.29, 1.82) is 0 Å². The summed E-state index contributed by atoms with van der Waals surface area (Å²) < 4.78 is 0. The van der Waals surface area contributed by atoms with Gasteiger partial charge in [-0.1, -0.05) is 0 Å². The normalized spacial score (nSPS) is 17.5. The Morgan fingerprint density at radius 2 is 1.50 bits per heavy atom. The van der Waals surface area contributed by atoms with E-state index in [4.69, 9.17) is 0 Å². The van der Waals surface area contributed by atoms with Gasteiger partial charge in [-0.2, -0.15) is 0 Å². The molecule has 0 saturated carbocycles. The molecule has 1 heterocycles. The van der Waals surface area contributed by atoms with E-state index in [1.165, 1.54) is 0 Å². The maximum absolute atomic E-state index is 10.1. The molecule has 0 aromatic carbocycles. The molecule has 0 radical (unpaired) electrons. The SMILES string of the molecule is O=C1CCC(=O)N1.[Hg]. The van der Waals surface area contributed by atoms with Gasteiger partial charge in [0.15, 0.2) is 0 Å². The molecule has 0 atom stereocenters. The number of carbonyl (C=O) groups is 2. The molecule has 0 aliphatic carbocycles. The minimum Gasteiger partial charge on any atom is -0.296 e. The smallest absolute Gasteiger partial charge is 0.227 e. The first kappa shape index (κ1) is 8.08. The predicted molar refractivity (Wildman–Crippen MR) is 22.4 cm³/mol. The van der Waals surface area contributed by atoms with Crippen molar-refractivity contribution in [2.75, 3.05) is 0 Å². The Balaban J connectivity index is 0.000000490. The van der Waals surface area contributed by atoms with E-state index in [0.717, 1.165) is 0 Å². The van der Waals surface area contributed by atoms with Crippen molar-refractivity contribution in [3.63, 3.8) is 0 Å². The van der Waals surface area contributed by atoms with Crippen LogP contribution in [0, 0.1) is 0 Å². The Kier molecular flexibility index (Phi) is 3.20.